The average molecular weight is 574 g/mol. The number of hydrogen-bond acceptors (Lipinski definition) is 6. The standard InChI is InChI=1S/C36H47NO5/c1-34(2,3)29-21-25(11-17-31(29)38)36(7,26-12-18-32(39)30(22-26)35(4,5)6)23-33(40)42-24-41-28-15-13-27(14-16-28)37-19-9-8-10-20-37/h11-18,21-22,38-39H,8-10,19-20,23-24H2,1-7H3. The molecule has 226 valence electrons. The summed E-state index contributed by atoms with van der Waals surface area (Å²) in [6.45, 7) is 16.3. The number of rotatable bonds is 8. The number of anilines is 1. The topological polar surface area (TPSA) is 79.2 Å². The molecular formula is C36H47NO5. The average Bonchev–Trinajstić information content (AvgIpc) is 2.93. The van der Waals surface area contributed by atoms with Gasteiger partial charge in [0.15, 0.2) is 0 Å². The molecule has 1 heterocycles. The first-order chi connectivity index (χ1) is 19.7. The summed E-state index contributed by atoms with van der Waals surface area (Å²) in [7, 11) is 0. The Morgan fingerprint density at radius 1 is 0.738 bits per heavy atom. The van der Waals surface area contributed by atoms with Crippen LogP contribution in [0.5, 0.6) is 17.2 Å². The second kappa shape index (κ2) is 12.3. The number of aromatic hydroxyl groups is 2. The summed E-state index contributed by atoms with van der Waals surface area (Å²) in [6, 6.07) is 19.0. The van der Waals surface area contributed by atoms with E-state index < -0.39 is 11.4 Å². The van der Waals surface area contributed by atoms with Gasteiger partial charge in [0, 0.05) is 24.2 Å². The zero-order valence-corrected chi connectivity index (χ0v) is 26.3. The van der Waals surface area contributed by atoms with Gasteiger partial charge < -0.3 is 24.6 Å². The van der Waals surface area contributed by atoms with Crippen molar-refractivity contribution in [3.63, 3.8) is 0 Å². The summed E-state index contributed by atoms with van der Waals surface area (Å²) in [5.74, 6) is 0.681. The summed E-state index contributed by atoms with van der Waals surface area (Å²) >= 11 is 0. The van der Waals surface area contributed by atoms with Crippen LogP contribution in [-0.2, 0) is 25.8 Å². The molecule has 42 heavy (non-hydrogen) atoms. The van der Waals surface area contributed by atoms with Crippen molar-refractivity contribution in [1.82, 2.24) is 0 Å². The van der Waals surface area contributed by atoms with E-state index in [2.05, 4.69) is 17.0 Å². The van der Waals surface area contributed by atoms with Gasteiger partial charge in [0.05, 0.1) is 6.42 Å². The summed E-state index contributed by atoms with van der Waals surface area (Å²) in [5.41, 5.74) is 3.13. The van der Waals surface area contributed by atoms with E-state index in [1.165, 1.54) is 24.9 Å². The fourth-order valence-corrected chi connectivity index (χ4v) is 5.74. The van der Waals surface area contributed by atoms with Crippen LogP contribution < -0.4 is 9.64 Å². The van der Waals surface area contributed by atoms with Crippen LogP contribution in [0.4, 0.5) is 5.69 Å². The molecule has 1 aliphatic heterocycles. The molecule has 0 aliphatic carbocycles. The van der Waals surface area contributed by atoms with Crippen molar-refractivity contribution >= 4 is 11.7 Å². The van der Waals surface area contributed by atoms with Gasteiger partial charge in [-0.25, -0.2) is 0 Å². The van der Waals surface area contributed by atoms with Gasteiger partial charge in [-0.1, -0.05) is 72.7 Å². The Labute approximate surface area is 251 Å². The molecule has 0 spiro atoms. The summed E-state index contributed by atoms with van der Waals surface area (Å²) in [6.07, 6.45) is 3.77. The second-order valence-electron chi connectivity index (χ2n) is 13.8. The molecule has 3 aromatic carbocycles. The Morgan fingerprint density at radius 3 is 1.71 bits per heavy atom. The predicted molar refractivity (Wildman–Crippen MR) is 169 cm³/mol. The molecule has 0 unspecified atom stereocenters. The van der Waals surface area contributed by atoms with Crippen LogP contribution in [0.1, 0.15) is 96.4 Å². The van der Waals surface area contributed by atoms with E-state index in [0.29, 0.717) is 5.75 Å². The minimum Gasteiger partial charge on any atom is -0.508 e. The third kappa shape index (κ3) is 7.21. The zero-order chi connectivity index (χ0) is 30.7. The van der Waals surface area contributed by atoms with E-state index in [1.807, 2.05) is 84.9 Å². The zero-order valence-electron chi connectivity index (χ0n) is 26.3. The molecule has 6 heteroatoms. The Morgan fingerprint density at radius 2 is 1.24 bits per heavy atom. The molecule has 4 rings (SSSR count). The molecule has 1 aliphatic rings. The number of carbonyl (C=O) groups excluding carboxylic acids is 1. The molecule has 0 aromatic heterocycles. The van der Waals surface area contributed by atoms with Crippen LogP contribution in [0.15, 0.2) is 60.7 Å². The maximum Gasteiger partial charge on any atom is 0.309 e. The third-order valence-electron chi connectivity index (χ3n) is 8.38. The lowest BCUT2D eigenvalue weighted by molar-refractivity contribution is -0.151. The van der Waals surface area contributed by atoms with E-state index in [1.54, 1.807) is 12.1 Å². The van der Waals surface area contributed by atoms with E-state index in [4.69, 9.17) is 9.47 Å². The lowest BCUT2D eigenvalue weighted by Crippen LogP contribution is -2.30. The van der Waals surface area contributed by atoms with Crippen LogP contribution in [0.25, 0.3) is 0 Å². The van der Waals surface area contributed by atoms with E-state index in [-0.39, 0.29) is 35.5 Å². The second-order valence-corrected chi connectivity index (χ2v) is 13.8. The fraction of sp³-hybridized carbons (Fsp3) is 0.472. The molecule has 0 amide bonds. The van der Waals surface area contributed by atoms with Crippen molar-refractivity contribution in [2.24, 2.45) is 0 Å². The van der Waals surface area contributed by atoms with E-state index in [9.17, 15) is 15.0 Å². The van der Waals surface area contributed by atoms with Gasteiger partial charge in [0.1, 0.15) is 17.2 Å². The van der Waals surface area contributed by atoms with Crippen LogP contribution in [0.2, 0.25) is 0 Å². The monoisotopic (exact) mass is 573 g/mol. The van der Waals surface area contributed by atoms with Crippen LogP contribution >= 0.6 is 0 Å². The summed E-state index contributed by atoms with van der Waals surface area (Å²) < 4.78 is 11.4. The lowest BCUT2D eigenvalue weighted by atomic mass is 9.70. The van der Waals surface area contributed by atoms with Gasteiger partial charge in [-0.15, -0.1) is 0 Å². The summed E-state index contributed by atoms with van der Waals surface area (Å²) in [5, 5.41) is 21.3. The molecular weight excluding hydrogens is 526 g/mol. The van der Waals surface area contributed by atoms with Crippen LogP contribution in [0.3, 0.4) is 0 Å². The SMILES string of the molecule is CC(C)(C)c1cc(C(C)(CC(=O)OCOc2ccc(N3CCCCC3)cc2)c2ccc(O)c(C(C)(C)C)c2)ccc1O. The highest BCUT2D eigenvalue weighted by molar-refractivity contribution is 5.73. The fourth-order valence-electron chi connectivity index (χ4n) is 5.74. The number of phenolic OH excluding ortho intramolecular Hbond substituents is 2. The Bertz CT molecular complexity index is 1310. The van der Waals surface area contributed by atoms with Crippen molar-refractivity contribution in [2.75, 3.05) is 24.8 Å². The van der Waals surface area contributed by atoms with E-state index >= 15 is 0 Å². The predicted octanol–water partition coefficient (Wildman–Crippen LogP) is 7.96. The van der Waals surface area contributed by atoms with E-state index in [0.717, 1.165) is 35.3 Å². The highest BCUT2D eigenvalue weighted by atomic mass is 16.7. The molecule has 0 radical (unpaired) electrons. The molecule has 6 nitrogen and oxygen atoms in total. The van der Waals surface area contributed by atoms with Crippen molar-refractivity contribution in [3.8, 4) is 17.2 Å². The van der Waals surface area contributed by atoms with Crippen LogP contribution in [0, 0.1) is 0 Å². The summed E-state index contributed by atoms with van der Waals surface area (Å²) in [4.78, 5) is 15.7. The number of phenols is 2. The first-order valence-corrected chi connectivity index (χ1v) is 15.0. The Hall–Kier alpha value is -3.67. The van der Waals surface area contributed by atoms with Gasteiger partial charge in [-0.3, -0.25) is 4.79 Å². The number of esters is 1. The largest absolute Gasteiger partial charge is 0.508 e. The number of carbonyl (C=O) groups is 1. The normalized spacial score (nSPS) is 14.5. The number of nitrogens with zero attached hydrogens (tertiary/aromatic N) is 1. The lowest BCUT2D eigenvalue weighted by Gasteiger charge is -2.33. The van der Waals surface area contributed by atoms with Gasteiger partial charge in [0.2, 0.25) is 6.79 Å². The van der Waals surface area contributed by atoms with Crippen LogP contribution in [-0.4, -0.2) is 36.1 Å². The third-order valence-corrected chi connectivity index (χ3v) is 8.38. The van der Waals surface area contributed by atoms with Crippen molar-refractivity contribution in [3.05, 3.63) is 82.9 Å². The van der Waals surface area contributed by atoms with Gasteiger partial charge in [0.25, 0.3) is 0 Å². The quantitative estimate of drug-likeness (QED) is 0.210. The van der Waals surface area contributed by atoms with Gasteiger partial charge in [-0.2, -0.15) is 0 Å². The maximum atomic E-state index is 13.3. The molecule has 1 saturated heterocycles. The van der Waals surface area contributed by atoms with Crippen molar-refractivity contribution in [1.29, 1.82) is 0 Å². The molecule has 0 bridgehead atoms. The van der Waals surface area contributed by atoms with Crippen molar-refractivity contribution < 1.29 is 24.5 Å². The van der Waals surface area contributed by atoms with Gasteiger partial charge >= 0.3 is 5.97 Å². The highest BCUT2D eigenvalue weighted by Crippen LogP contribution is 2.43. The first kappa shape index (κ1) is 31.3. The minimum atomic E-state index is -0.797. The number of benzene rings is 3. The Balaban J connectivity index is 1.56. The number of hydrogen-bond donors (Lipinski definition) is 2. The highest BCUT2D eigenvalue weighted by Gasteiger charge is 2.35. The first-order valence-electron chi connectivity index (χ1n) is 15.0. The Kier molecular flexibility index (Phi) is 9.15. The minimum absolute atomic E-state index is 0.0486. The van der Waals surface area contributed by atoms with Gasteiger partial charge in [-0.05, 0) is 88.7 Å². The molecule has 3 aromatic rings. The molecule has 1 fully saturated rings. The molecule has 2 N–H and O–H groups in total. The molecule has 0 atom stereocenters. The molecule has 0 saturated carbocycles. The number of piperidine rings is 1. The smallest absolute Gasteiger partial charge is 0.309 e. The maximum absolute atomic E-state index is 13.3. The van der Waals surface area contributed by atoms with Crippen molar-refractivity contribution in [2.45, 2.75) is 90.4 Å². The number of ether oxygens (including phenoxy) is 2.